The molecule has 4 N–H and O–H groups in total. The molecule has 3 fully saturated rings. The number of hydrogen-bond donors (Lipinski definition) is 2. The Morgan fingerprint density at radius 1 is 0.577 bits per heavy atom. The van der Waals surface area contributed by atoms with Crippen molar-refractivity contribution >= 4 is 46.0 Å². The molecule has 0 unspecified atom stereocenters. The summed E-state index contributed by atoms with van der Waals surface area (Å²) in [6.07, 6.45) is 0. The average Bonchev–Trinajstić information content (AvgIpc) is 2.94. The van der Waals surface area contributed by atoms with Crippen LogP contribution in [0.15, 0.2) is 36.4 Å². The van der Waals surface area contributed by atoms with Gasteiger partial charge in [0.15, 0.2) is 0 Å². The van der Waals surface area contributed by atoms with Crippen LogP contribution in [0.2, 0.25) is 0 Å². The summed E-state index contributed by atoms with van der Waals surface area (Å²) in [7, 11) is 0. The quantitative estimate of drug-likeness (QED) is 0.399. The van der Waals surface area contributed by atoms with Gasteiger partial charge in [-0.05, 0) is 12.1 Å². The summed E-state index contributed by atoms with van der Waals surface area (Å²) >= 11 is 0. The van der Waals surface area contributed by atoms with Crippen molar-refractivity contribution in [3.8, 4) is 0 Å². The van der Waals surface area contributed by atoms with Gasteiger partial charge in [-0.1, -0.05) is 24.3 Å². The van der Waals surface area contributed by atoms with Gasteiger partial charge in [0.1, 0.15) is 0 Å². The van der Waals surface area contributed by atoms with Crippen LogP contribution in [0.1, 0.15) is 0 Å². The van der Waals surface area contributed by atoms with Crippen LogP contribution in [0.5, 0.6) is 0 Å². The SMILES string of the molecule is Nc1ccc(N)c2ccccc12.O=C1OC(=O)C2C1C1C(=O)OC(=O)C21. The number of nitrogens with two attached hydrogens (primary N) is 2. The number of benzene rings is 2. The number of carbonyl (C=O) groups excluding carboxylic acids is 4. The number of esters is 4. The zero-order chi connectivity index (χ0) is 18.6. The summed E-state index contributed by atoms with van der Waals surface area (Å²) in [6.45, 7) is 0. The van der Waals surface area contributed by atoms with Gasteiger partial charge < -0.3 is 20.9 Å². The lowest BCUT2D eigenvalue weighted by molar-refractivity contribution is -0.158. The normalized spacial score (nSPS) is 28.5. The standard InChI is InChI=1S/C10H10N2.C8H4O6/c11-9-5-6-10(12)8-4-2-1-3-7(8)9;9-5-1-2(6(10)13-5)4-3(1)7(11)14-8(4)12/h1-6H,11-12H2;1-4H. The van der Waals surface area contributed by atoms with Crippen LogP contribution >= 0.6 is 0 Å². The first-order valence-electron chi connectivity index (χ1n) is 7.94. The third kappa shape index (κ3) is 2.15. The van der Waals surface area contributed by atoms with E-state index in [2.05, 4.69) is 9.47 Å². The Balaban J connectivity index is 0.000000131. The van der Waals surface area contributed by atoms with Gasteiger partial charge >= 0.3 is 23.9 Å². The Labute approximate surface area is 147 Å². The molecule has 2 aromatic rings. The highest BCUT2D eigenvalue weighted by Crippen LogP contribution is 2.54. The highest BCUT2D eigenvalue weighted by molar-refractivity contribution is 6.10. The van der Waals surface area contributed by atoms with Gasteiger partial charge in [0, 0.05) is 22.1 Å². The second-order valence-corrected chi connectivity index (χ2v) is 6.37. The maximum absolute atomic E-state index is 11.1. The summed E-state index contributed by atoms with van der Waals surface area (Å²) in [4.78, 5) is 44.3. The van der Waals surface area contributed by atoms with E-state index < -0.39 is 47.5 Å². The molecule has 2 heterocycles. The van der Waals surface area contributed by atoms with E-state index >= 15 is 0 Å². The van der Waals surface area contributed by atoms with Crippen molar-refractivity contribution in [3.63, 3.8) is 0 Å². The second-order valence-electron chi connectivity index (χ2n) is 6.37. The molecule has 2 saturated heterocycles. The van der Waals surface area contributed by atoms with Crippen molar-refractivity contribution in [1.82, 2.24) is 0 Å². The van der Waals surface area contributed by atoms with Crippen LogP contribution in [-0.4, -0.2) is 23.9 Å². The molecule has 2 aromatic carbocycles. The Kier molecular flexibility index (Phi) is 3.43. The topological polar surface area (TPSA) is 139 Å². The molecule has 0 aromatic heterocycles. The molecule has 0 atom stereocenters. The van der Waals surface area contributed by atoms with Crippen LogP contribution in [0.3, 0.4) is 0 Å². The molecule has 5 rings (SSSR count). The van der Waals surface area contributed by atoms with Crippen molar-refractivity contribution in [3.05, 3.63) is 36.4 Å². The minimum atomic E-state index is -0.786. The number of fused-ring (bicyclic) bond motifs is 5. The average molecular weight is 354 g/mol. The fourth-order valence-electron chi connectivity index (χ4n) is 3.74. The lowest BCUT2D eigenvalue weighted by atomic mass is 9.59. The fraction of sp³-hybridized carbons (Fsp3) is 0.222. The molecule has 8 heteroatoms. The third-order valence-corrected chi connectivity index (χ3v) is 5.03. The van der Waals surface area contributed by atoms with Crippen LogP contribution in [0, 0.1) is 23.7 Å². The van der Waals surface area contributed by atoms with E-state index in [0.717, 1.165) is 22.1 Å². The van der Waals surface area contributed by atoms with Crippen molar-refractivity contribution in [2.75, 3.05) is 11.5 Å². The van der Waals surface area contributed by atoms with E-state index in [1.807, 2.05) is 36.4 Å². The van der Waals surface area contributed by atoms with Gasteiger partial charge in [0.2, 0.25) is 0 Å². The highest BCUT2D eigenvalue weighted by Gasteiger charge is 2.72. The summed E-state index contributed by atoms with van der Waals surface area (Å²) in [6, 6.07) is 11.5. The maximum Gasteiger partial charge on any atom is 0.318 e. The molecule has 0 spiro atoms. The summed E-state index contributed by atoms with van der Waals surface area (Å²) in [5.41, 5.74) is 13.1. The Bertz CT molecular complexity index is 862. The van der Waals surface area contributed by atoms with E-state index in [4.69, 9.17) is 11.5 Å². The van der Waals surface area contributed by atoms with Crippen LogP contribution in [-0.2, 0) is 28.7 Å². The number of anilines is 2. The predicted molar refractivity (Wildman–Crippen MR) is 88.9 cm³/mol. The molecule has 0 bridgehead atoms. The Morgan fingerprint density at radius 3 is 1.19 bits per heavy atom. The van der Waals surface area contributed by atoms with Gasteiger partial charge in [-0.15, -0.1) is 0 Å². The van der Waals surface area contributed by atoms with Crippen molar-refractivity contribution in [1.29, 1.82) is 0 Å². The zero-order valence-corrected chi connectivity index (χ0v) is 13.4. The van der Waals surface area contributed by atoms with E-state index in [0.29, 0.717) is 0 Å². The zero-order valence-electron chi connectivity index (χ0n) is 13.4. The molecule has 1 saturated carbocycles. The summed E-state index contributed by atoms with van der Waals surface area (Å²) in [5, 5.41) is 2.05. The number of ether oxygens (including phenoxy) is 2. The van der Waals surface area contributed by atoms with Crippen molar-refractivity contribution in [2.45, 2.75) is 0 Å². The number of nitrogen functional groups attached to an aromatic ring is 2. The second kappa shape index (κ2) is 5.55. The Hall–Kier alpha value is -3.42. The maximum atomic E-state index is 11.1. The monoisotopic (exact) mass is 354 g/mol. The lowest BCUT2D eigenvalue weighted by Gasteiger charge is -2.33. The van der Waals surface area contributed by atoms with Gasteiger partial charge in [-0.25, -0.2) is 0 Å². The molecule has 1 aliphatic carbocycles. The van der Waals surface area contributed by atoms with E-state index in [1.165, 1.54) is 0 Å². The van der Waals surface area contributed by atoms with E-state index in [-0.39, 0.29) is 0 Å². The van der Waals surface area contributed by atoms with Crippen molar-refractivity contribution in [2.24, 2.45) is 23.7 Å². The van der Waals surface area contributed by atoms with Crippen LogP contribution in [0.4, 0.5) is 11.4 Å². The molecule has 0 radical (unpaired) electrons. The molecule has 0 amide bonds. The number of cyclic esters (lactones) is 4. The lowest BCUT2D eigenvalue weighted by Crippen LogP contribution is -2.50. The minimum Gasteiger partial charge on any atom is -0.398 e. The van der Waals surface area contributed by atoms with Gasteiger partial charge in [0.25, 0.3) is 0 Å². The fourth-order valence-corrected chi connectivity index (χ4v) is 3.74. The number of rotatable bonds is 0. The number of carbonyl (C=O) groups is 4. The van der Waals surface area contributed by atoms with Crippen LogP contribution < -0.4 is 11.5 Å². The number of hydrogen-bond acceptors (Lipinski definition) is 8. The minimum absolute atomic E-state index is 0.715. The molecular formula is C18H14N2O6. The largest absolute Gasteiger partial charge is 0.398 e. The first kappa shape index (κ1) is 16.1. The molecule has 3 aliphatic rings. The van der Waals surface area contributed by atoms with Gasteiger partial charge in [-0.3, -0.25) is 19.2 Å². The van der Waals surface area contributed by atoms with Gasteiger partial charge in [-0.2, -0.15) is 0 Å². The highest BCUT2D eigenvalue weighted by atomic mass is 16.6. The molecule has 132 valence electrons. The third-order valence-electron chi connectivity index (χ3n) is 5.03. The first-order valence-corrected chi connectivity index (χ1v) is 7.94. The smallest absolute Gasteiger partial charge is 0.318 e. The van der Waals surface area contributed by atoms with Crippen molar-refractivity contribution < 1.29 is 28.7 Å². The summed E-state index contributed by atoms with van der Waals surface area (Å²) < 4.78 is 8.69. The van der Waals surface area contributed by atoms with E-state index in [1.54, 1.807) is 0 Å². The Morgan fingerprint density at radius 2 is 0.885 bits per heavy atom. The molecule has 26 heavy (non-hydrogen) atoms. The predicted octanol–water partition coefficient (Wildman–Crippen LogP) is 0.636. The molecule has 2 aliphatic heterocycles. The first-order chi connectivity index (χ1) is 12.4. The molecule has 8 nitrogen and oxygen atoms in total. The van der Waals surface area contributed by atoms with Gasteiger partial charge in [0.05, 0.1) is 23.7 Å². The van der Waals surface area contributed by atoms with Crippen LogP contribution in [0.25, 0.3) is 10.8 Å². The summed E-state index contributed by atoms with van der Waals surface area (Å²) in [5.74, 6) is -6.00. The molecular weight excluding hydrogens is 340 g/mol. The van der Waals surface area contributed by atoms with E-state index in [9.17, 15) is 19.2 Å².